The van der Waals surface area contributed by atoms with E-state index in [0.29, 0.717) is 66.9 Å². The molecule has 198 valence electrons. The molecule has 0 radical (unpaired) electrons. The number of methoxy groups -OCH3 is 1. The molecule has 0 N–H and O–H groups in total. The van der Waals surface area contributed by atoms with Gasteiger partial charge >= 0.3 is 11.9 Å². The largest absolute Gasteiger partial charge is 0.495 e. The number of benzene rings is 2. The number of hydrogen-bond acceptors (Lipinski definition) is 7. The van der Waals surface area contributed by atoms with Gasteiger partial charge in [-0.3, -0.25) is 9.59 Å². The Kier molecular flexibility index (Phi) is 7.63. The molecule has 0 aliphatic carbocycles. The minimum atomic E-state index is -0.505. The van der Waals surface area contributed by atoms with Gasteiger partial charge < -0.3 is 18.9 Å². The van der Waals surface area contributed by atoms with Gasteiger partial charge in [0.25, 0.3) is 0 Å². The summed E-state index contributed by atoms with van der Waals surface area (Å²) in [4.78, 5) is 38.4. The maximum Gasteiger partial charge on any atom is 0.342 e. The number of rotatable bonds is 2. The molecule has 0 saturated carbocycles. The van der Waals surface area contributed by atoms with E-state index in [0.717, 1.165) is 23.3 Å². The fourth-order valence-electron chi connectivity index (χ4n) is 5.36. The molecule has 7 nitrogen and oxygen atoms in total. The summed E-state index contributed by atoms with van der Waals surface area (Å²) in [6.07, 6.45) is 9.23. The zero-order chi connectivity index (χ0) is 26.6. The molecule has 5 rings (SSSR count). The lowest BCUT2D eigenvalue weighted by Crippen LogP contribution is -2.26. The van der Waals surface area contributed by atoms with Crippen molar-refractivity contribution in [2.24, 2.45) is 0 Å². The summed E-state index contributed by atoms with van der Waals surface area (Å²) in [5.74, 6) is 0.483. The van der Waals surface area contributed by atoms with Crippen molar-refractivity contribution in [3.63, 3.8) is 0 Å². The molecule has 0 fully saturated rings. The molecule has 0 bridgehead atoms. The van der Waals surface area contributed by atoms with E-state index in [1.807, 2.05) is 49.4 Å². The zero-order valence-corrected chi connectivity index (χ0v) is 21.8. The van der Waals surface area contributed by atoms with Gasteiger partial charge in [0.05, 0.1) is 19.6 Å². The lowest BCUT2D eigenvalue weighted by atomic mass is 9.82. The Bertz CT molecular complexity index is 1320. The fourth-order valence-corrected chi connectivity index (χ4v) is 5.36. The number of allylic oxidation sites excluding steroid dienone is 1. The fraction of sp³-hybridized carbons (Fsp3) is 0.387. The molecule has 2 atom stereocenters. The Labute approximate surface area is 222 Å². The molecular weight excluding hydrogens is 484 g/mol. The van der Waals surface area contributed by atoms with Crippen molar-refractivity contribution < 1.29 is 33.3 Å². The summed E-state index contributed by atoms with van der Waals surface area (Å²) in [5, 5.41) is 0. The summed E-state index contributed by atoms with van der Waals surface area (Å²) in [5.41, 5.74) is 3.34. The average molecular weight is 517 g/mol. The highest BCUT2D eigenvalue weighted by Gasteiger charge is 2.37. The first kappa shape index (κ1) is 25.8. The summed E-state index contributed by atoms with van der Waals surface area (Å²) in [6, 6.07) is 9.45. The maximum atomic E-state index is 13.6. The quantitative estimate of drug-likeness (QED) is 0.355. The number of Topliss-reactive ketones (excluding diaryl/α,β-unsaturated/α-hetero) is 1. The number of para-hydroxylation sites is 1. The number of hydrogen-bond donors (Lipinski definition) is 0. The van der Waals surface area contributed by atoms with Gasteiger partial charge in [-0.05, 0) is 62.0 Å². The molecule has 7 heteroatoms. The molecule has 38 heavy (non-hydrogen) atoms. The van der Waals surface area contributed by atoms with Crippen molar-refractivity contribution in [3.05, 3.63) is 64.2 Å². The number of ketones is 1. The normalized spacial score (nSPS) is 21.9. The van der Waals surface area contributed by atoms with Crippen molar-refractivity contribution >= 4 is 29.9 Å². The monoisotopic (exact) mass is 516 g/mol. The molecule has 0 saturated heterocycles. The van der Waals surface area contributed by atoms with Crippen LogP contribution in [0.5, 0.6) is 17.2 Å². The molecule has 3 aliphatic rings. The lowest BCUT2D eigenvalue weighted by molar-refractivity contribution is -0.135. The minimum absolute atomic E-state index is 0.106. The second-order valence-corrected chi connectivity index (χ2v) is 10.0. The third kappa shape index (κ3) is 5.37. The van der Waals surface area contributed by atoms with Crippen LogP contribution in [0.4, 0.5) is 0 Å². The van der Waals surface area contributed by atoms with Crippen molar-refractivity contribution in [1.82, 2.24) is 0 Å². The van der Waals surface area contributed by atoms with E-state index >= 15 is 0 Å². The summed E-state index contributed by atoms with van der Waals surface area (Å²) in [7, 11) is 1.52. The van der Waals surface area contributed by atoms with E-state index in [1.54, 1.807) is 6.07 Å². The molecule has 0 amide bonds. The summed E-state index contributed by atoms with van der Waals surface area (Å²) in [6.45, 7) is 2.15. The van der Waals surface area contributed by atoms with E-state index < -0.39 is 5.97 Å². The standard InChI is InChI=1S/C31H32O7/c1-19-9-8-13-23(32)12-5-3-4-11-21-16-26-29(30(35-2)28(21)31(34)37-19)24(17-27(33)38-26)22-15-20-10-6-7-14-25(20)36-18-22/h4,6-7,10-11,14-16,19,24H,3,5,8-9,12-13,17-18H2,1-2H3. The first-order valence-corrected chi connectivity index (χ1v) is 13.2. The van der Waals surface area contributed by atoms with Crippen molar-refractivity contribution in [2.75, 3.05) is 13.7 Å². The van der Waals surface area contributed by atoms with Crippen LogP contribution < -0.4 is 14.2 Å². The zero-order valence-electron chi connectivity index (χ0n) is 21.8. The van der Waals surface area contributed by atoms with Crippen molar-refractivity contribution in [2.45, 2.75) is 63.9 Å². The molecule has 3 heterocycles. The van der Waals surface area contributed by atoms with Gasteiger partial charge in [0.1, 0.15) is 35.2 Å². The van der Waals surface area contributed by atoms with Crippen LogP contribution in [0.25, 0.3) is 12.2 Å². The van der Waals surface area contributed by atoms with Gasteiger partial charge in [0.15, 0.2) is 0 Å². The average Bonchev–Trinajstić information content (AvgIpc) is 2.90. The van der Waals surface area contributed by atoms with Crippen LogP contribution >= 0.6 is 0 Å². The van der Waals surface area contributed by atoms with Crippen LogP contribution in [0.3, 0.4) is 0 Å². The smallest absolute Gasteiger partial charge is 0.342 e. The molecule has 3 aliphatic heterocycles. The van der Waals surface area contributed by atoms with Crippen LogP contribution in [-0.2, 0) is 14.3 Å². The number of fused-ring (bicyclic) bond motifs is 3. The SMILES string of the molecule is COc1c2c(cc3c1C(C1=Cc4ccccc4OC1)CC(=O)O3)C=CCCCC(=O)CCCC(C)OC2=O. The van der Waals surface area contributed by atoms with Gasteiger partial charge in [-0.2, -0.15) is 0 Å². The highest BCUT2D eigenvalue weighted by atomic mass is 16.5. The highest BCUT2D eigenvalue weighted by molar-refractivity contribution is 5.99. The van der Waals surface area contributed by atoms with Gasteiger partial charge in [-0.25, -0.2) is 4.79 Å². The second kappa shape index (κ2) is 11.3. The number of cyclic esters (lactones) is 1. The number of esters is 2. The van der Waals surface area contributed by atoms with E-state index in [-0.39, 0.29) is 30.2 Å². The van der Waals surface area contributed by atoms with Crippen LogP contribution in [0.15, 0.2) is 42.0 Å². The maximum absolute atomic E-state index is 13.6. The predicted molar refractivity (Wildman–Crippen MR) is 143 cm³/mol. The number of carbonyl (C=O) groups excluding carboxylic acids is 3. The first-order valence-electron chi connectivity index (χ1n) is 13.2. The van der Waals surface area contributed by atoms with E-state index in [9.17, 15) is 14.4 Å². The van der Waals surface area contributed by atoms with Crippen LogP contribution in [0, 0.1) is 0 Å². The van der Waals surface area contributed by atoms with Crippen molar-refractivity contribution in [3.8, 4) is 17.2 Å². The highest BCUT2D eigenvalue weighted by Crippen LogP contribution is 2.49. The molecular formula is C31H32O7. The molecule has 2 unspecified atom stereocenters. The van der Waals surface area contributed by atoms with Gasteiger partial charge in [0, 0.05) is 29.9 Å². The lowest BCUT2D eigenvalue weighted by Gasteiger charge is -2.31. The Hall–Kier alpha value is -3.87. The van der Waals surface area contributed by atoms with E-state index in [2.05, 4.69) is 0 Å². The van der Waals surface area contributed by atoms with Crippen LogP contribution in [0.1, 0.15) is 84.8 Å². The second-order valence-electron chi connectivity index (χ2n) is 10.0. The predicted octanol–water partition coefficient (Wildman–Crippen LogP) is 6.05. The number of carbonyl (C=O) groups is 3. The Morgan fingerprint density at radius 1 is 1.00 bits per heavy atom. The van der Waals surface area contributed by atoms with Crippen LogP contribution in [0.2, 0.25) is 0 Å². The molecule has 2 aromatic rings. The third-order valence-electron chi connectivity index (χ3n) is 7.26. The minimum Gasteiger partial charge on any atom is -0.495 e. The Balaban J connectivity index is 1.62. The van der Waals surface area contributed by atoms with Crippen LogP contribution in [-0.4, -0.2) is 37.5 Å². The molecule has 2 aromatic carbocycles. The van der Waals surface area contributed by atoms with E-state index in [1.165, 1.54) is 7.11 Å². The number of ether oxygens (including phenoxy) is 4. The summed E-state index contributed by atoms with van der Waals surface area (Å²) >= 11 is 0. The summed E-state index contributed by atoms with van der Waals surface area (Å²) < 4.78 is 23.4. The topological polar surface area (TPSA) is 88.1 Å². The Morgan fingerprint density at radius 2 is 1.82 bits per heavy atom. The third-order valence-corrected chi connectivity index (χ3v) is 7.26. The molecule has 0 aromatic heterocycles. The Morgan fingerprint density at radius 3 is 2.66 bits per heavy atom. The molecule has 0 spiro atoms. The van der Waals surface area contributed by atoms with Crippen molar-refractivity contribution in [1.29, 1.82) is 0 Å². The first-order chi connectivity index (χ1) is 18.4. The van der Waals surface area contributed by atoms with Gasteiger partial charge in [0.2, 0.25) is 0 Å². The van der Waals surface area contributed by atoms with Gasteiger partial charge in [-0.1, -0.05) is 30.4 Å². The van der Waals surface area contributed by atoms with Gasteiger partial charge in [-0.15, -0.1) is 0 Å². The van der Waals surface area contributed by atoms with E-state index in [4.69, 9.17) is 18.9 Å².